The van der Waals surface area contributed by atoms with Crippen LogP contribution in [0, 0.1) is 18.7 Å². The summed E-state index contributed by atoms with van der Waals surface area (Å²) in [7, 11) is 0. The molecule has 1 aliphatic carbocycles. The second-order valence-electron chi connectivity index (χ2n) is 3.79. The van der Waals surface area contributed by atoms with Crippen LogP contribution in [0.2, 0.25) is 0 Å². The Morgan fingerprint density at radius 2 is 2.29 bits per heavy atom. The fourth-order valence-corrected chi connectivity index (χ4v) is 1.82. The minimum absolute atomic E-state index is 0.0169. The van der Waals surface area contributed by atoms with Gasteiger partial charge >= 0.3 is 5.97 Å². The van der Waals surface area contributed by atoms with Gasteiger partial charge in [-0.15, -0.1) is 0 Å². The number of aryl methyl sites for hydroxylation is 1. The summed E-state index contributed by atoms with van der Waals surface area (Å²) < 4.78 is 12.9. The summed E-state index contributed by atoms with van der Waals surface area (Å²) in [6.07, 6.45) is 0.639. The van der Waals surface area contributed by atoms with Crippen LogP contribution in [0.4, 0.5) is 4.39 Å². The average molecular weight is 194 g/mol. The third-order valence-electron chi connectivity index (χ3n) is 2.75. The van der Waals surface area contributed by atoms with Gasteiger partial charge in [0.1, 0.15) is 5.82 Å². The summed E-state index contributed by atoms with van der Waals surface area (Å²) in [6.45, 7) is 1.88. The first kappa shape index (κ1) is 9.19. The lowest BCUT2D eigenvalue weighted by atomic mass is 10.0. The Hall–Kier alpha value is -1.38. The second-order valence-corrected chi connectivity index (χ2v) is 3.79. The first-order valence-electron chi connectivity index (χ1n) is 4.58. The van der Waals surface area contributed by atoms with E-state index in [9.17, 15) is 9.18 Å². The first-order chi connectivity index (χ1) is 6.59. The van der Waals surface area contributed by atoms with Gasteiger partial charge in [0.25, 0.3) is 0 Å². The molecule has 0 spiro atoms. The highest BCUT2D eigenvalue weighted by Crippen LogP contribution is 2.48. The van der Waals surface area contributed by atoms with E-state index in [1.807, 2.05) is 6.92 Å². The van der Waals surface area contributed by atoms with Crippen molar-refractivity contribution >= 4 is 5.97 Å². The van der Waals surface area contributed by atoms with Crippen molar-refractivity contribution in [3.8, 4) is 0 Å². The van der Waals surface area contributed by atoms with Gasteiger partial charge in [0.2, 0.25) is 0 Å². The number of benzene rings is 1. The van der Waals surface area contributed by atoms with Crippen molar-refractivity contribution in [2.75, 3.05) is 0 Å². The number of carbonyl (C=O) groups is 1. The van der Waals surface area contributed by atoms with E-state index in [0.717, 1.165) is 11.1 Å². The molecule has 0 aliphatic heterocycles. The van der Waals surface area contributed by atoms with Gasteiger partial charge in [-0.05, 0) is 42.5 Å². The quantitative estimate of drug-likeness (QED) is 0.784. The molecule has 3 heteroatoms. The monoisotopic (exact) mass is 194 g/mol. The van der Waals surface area contributed by atoms with Crippen molar-refractivity contribution in [1.82, 2.24) is 0 Å². The highest BCUT2D eigenvalue weighted by atomic mass is 19.1. The van der Waals surface area contributed by atoms with Gasteiger partial charge in [0.15, 0.2) is 0 Å². The molecule has 2 nitrogen and oxygen atoms in total. The summed E-state index contributed by atoms with van der Waals surface area (Å²) in [4.78, 5) is 10.6. The highest BCUT2D eigenvalue weighted by molar-refractivity contribution is 5.75. The van der Waals surface area contributed by atoms with Crippen molar-refractivity contribution in [1.29, 1.82) is 0 Å². The lowest BCUT2D eigenvalue weighted by Gasteiger charge is -2.03. The van der Waals surface area contributed by atoms with Crippen LogP contribution in [-0.4, -0.2) is 11.1 Å². The van der Waals surface area contributed by atoms with Crippen molar-refractivity contribution in [3.63, 3.8) is 0 Å². The van der Waals surface area contributed by atoms with E-state index < -0.39 is 5.97 Å². The standard InChI is InChI=1S/C11H11FO2/c1-6-2-3-7(12)4-8(6)9-5-10(9)11(13)14/h2-4,9-10H,5H2,1H3,(H,13,14)/t9-,10+/m0/s1. The minimum Gasteiger partial charge on any atom is -0.481 e. The summed E-state index contributed by atoms with van der Waals surface area (Å²) in [5.41, 5.74) is 1.82. The first-order valence-corrected chi connectivity index (χ1v) is 4.58. The molecule has 74 valence electrons. The van der Waals surface area contributed by atoms with Crippen LogP contribution in [0.15, 0.2) is 18.2 Å². The number of carboxylic acid groups (broad SMARTS) is 1. The Morgan fingerprint density at radius 3 is 2.86 bits per heavy atom. The molecule has 1 aromatic carbocycles. The number of rotatable bonds is 2. The van der Waals surface area contributed by atoms with Crippen molar-refractivity contribution < 1.29 is 14.3 Å². The van der Waals surface area contributed by atoms with Gasteiger partial charge in [-0.25, -0.2) is 4.39 Å². The van der Waals surface area contributed by atoms with Crippen molar-refractivity contribution in [2.24, 2.45) is 5.92 Å². The van der Waals surface area contributed by atoms with E-state index in [2.05, 4.69) is 0 Å². The molecule has 0 aromatic heterocycles. The topological polar surface area (TPSA) is 37.3 Å². The second kappa shape index (κ2) is 3.08. The van der Waals surface area contributed by atoms with Gasteiger partial charge in [-0.3, -0.25) is 4.79 Å². The minimum atomic E-state index is -0.779. The van der Waals surface area contributed by atoms with E-state index in [1.54, 1.807) is 6.07 Å². The maximum atomic E-state index is 12.9. The van der Waals surface area contributed by atoms with Gasteiger partial charge in [0, 0.05) is 0 Å². The molecule has 14 heavy (non-hydrogen) atoms. The SMILES string of the molecule is Cc1ccc(F)cc1[C@@H]1C[C@H]1C(=O)O. The Labute approximate surface area is 81.4 Å². The third kappa shape index (κ3) is 1.50. The Bertz CT molecular complexity index is 387. The molecule has 0 amide bonds. The smallest absolute Gasteiger partial charge is 0.307 e. The summed E-state index contributed by atoms with van der Waals surface area (Å²) in [5.74, 6) is -1.36. The number of halogens is 1. The summed E-state index contributed by atoms with van der Waals surface area (Å²) >= 11 is 0. The van der Waals surface area contributed by atoms with Crippen LogP contribution in [0.3, 0.4) is 0 Å². The number of carboxylic acids is 1. The summed E-state index contributed by atoms with van der Waals surface area (Å²) in [6, 6.07) is 4.54. The molecule has 0 radical (unpaired) electrons. The molecule has 2 atom stereocenters. The van der Waals surface area contributed by atoms with Crippen molar-refractivity contribution in [2.45, 2.75) is 19.3 Å². The fraction of sp³-hybridized carbons (Fsp3) is 0.364. The molecule has 1 N–H and O–H groups in total. The Balaban J connectivity index is 2.26. The Morgan fingerprint density at radius 1 is 1.57 bits per heavy atom. The van der Waals surface area contributed by atoms with Crippen LogP contribution in [0.25, 0.3) is 0 Å². The number of hydrogen-bond acceptors (Lipinski definition) is 1. The lowest BCUT2D eigenvalue weighted by Crippen LogP contribution is -2.00. The molecule has 0 saturated heterocycles. The predicted molar refractivity (Wildman–Crippen MR) is 49.6 cm³/mol. The van der Waals surface area contributed by atoms with Crippen LogP contribution in [0.5, 0.6) is 0 Å². The largest absolute Gasteiger partial charge is 0.481 e. The van der Waals surface area contributed by atoms with Gasteiger partial charge in [0.05, 0.1) is 5.92 Å². The van der Waals surface area contributed by atoms with Crippen LogP contribution in [-0.2, 0) is 4.79 Å². The molecule has 0 unspecified atom stereocenters. The zero-order valence-electron chi connectivity index (χ0n) is 7.83. The van der Waals surface area contributed by atoms with E-state index in [0.29, 0.717) is 6.42 Å². The van der Waals surface area contributed by atoms with E-state index in [-0.39, 0.29) is 17.7 Å². The molecule has 1 fully saturated rings. The van der Waals surface area contributed by atoms with E-state index in [4.69, 9.17) is 5.11 Å². The zero-order chi connectivity index (χ0) is 10.3. The fourth-order valence-electron chi connectivity index (χ4n) is 1.82. The van der Waals surface area contributed by atoms with E-state index in [1.165, 1.54) is 12.1 Å². The molecular weight excluding hydrogens is 183 g/mol. The van der Waals surface area contributed by atoms with Gasteiger partial charge in [-0.1, -0.05) is 6.07 Å². The van der Waals surface area contributed by atoms with E-state index >= 15 is 0 Å². The van der Waals surface area contributed by atoms with Crippen molar-refractivity contribution in [3.05, 3.63) is 35.1 Å². The van der Waals surface area contributed by atoms with Gasteiger partial charge < -0.3 is 5.11 Å². The van der Waals surface area contributed by atoms with Gasteiger partial charge in [-0.2, -0.15) is 0 Å². The molecule has 0 bridgehead atoms. The molecule has 2 rings (SSSR count). The highest BCUT2D eigenvalue weighted by Gasteiger charge is 2.44. The maximum absolute atomic E-state index is 12.9. The predicted octanol–water partition coefficient (Wildman–Crippen LogP) is 2.32. The normalized spacial score (nSPS) is 24.7. The molecular formula is C11H11FO2. The number of hydrogen-bond donors (Lipinski definition) is 1. The van der Waals surface area contributed by atoms with Crippen LogP contribution in [0.1, 0.15) is 23.5 Å². The average Bonchev–Trinajstić information content (AvgIpc) is 2.88. The lowest BCUT2D eigenvalue weighted by molar-refractivity contribution is -0.138. The molecule has 1 saturated carbocycles. The zero-order valence-corrected chi connectivity index (χ0v) is 7.83. The maximum Gasteiger partial charge on any atom is 0.307 e. The molecule has 1 aliphatic rings. The molecule has 0 heterocycles. The number of aliphatic carboxylic acids is 1. The van der Waals surface area contributed by atoms with Crippen LogP contribution < -0.4 is 0 Å². The van der Waals surface area contributed by atoms with Crippen LogP contribution >= 0.6 is 0 Å². The molecule has 1 aromatic rings. The summed E-state index contributed by atoms with van der Waals surface area (Å²) in [5, 5.41) is 8.75. The Kier molecular flexibility index (Phi) is 2.02. The third-order valence-corrected chi connectivity index (χ3v) is 2.75.